The van der Waals surface area contributed by atoms with Crippen molar-refractivity contribution < 1.29 is 4.79 Å². The fraction of sp³-hybridized carbons (Fsp3) is 0.417. The number of rotatable bonds is 4. The molecule has 7 heteroatoms. The quantitative estimate of drug-likeness (QED) is 0.609. The molecule has 3 aromatic rings. The normalized spacial score (nSPS) is 21.6. The largest absolute Gasteiger partial charge is 0.354 e. The van der Waals surface area contributed by atoms with Crippen LogP contribution in [0.2, 0.25) is 0 Å². The van der Waals surface area contributed by atoms with E-state index in [1.165, 1.54) is 0 Å². The lowest BCUT2D eigenvalue weighted by Crippen LogP contribution is -2.38. The lowest BCUT2D eigenvalue weighted by molar-refractivity contribution is 0.0605. The van der Waals surface area contributed by atoms with Crippen LogP contribution >= 0.6 is 0 Å². The minimum Gasteiger partial charge on any atom is -0.354 e. The molecule has 1 aromatic carbocycles. The zero-order valence-corrected chi connectivity index (χ0v) is 17.9. The van der Waals surface area contributed by atoms with Crippen molar-refractivity contribution in [3.05, 3.63) is 59.4 Å². The third kappa shape index (κ3) is 3.69. The van der Waals surface area contributed by atoms with Gasteiger partial charge in [0, 0.05) is 43.0 Å². The maximum atomic E-state index is 13.2. The van der Waals surface area contributed by atoms with Gasteiger partial charge in [0.15, 0.2) is 5.65 Å². The van der Waals surface area contributed by atoms with E-state index < -0.39 is 0 Å². The van der Waals surface area contributed by atoms with Crippen LogP contribution < -0.4 is 4.90 Å². The molecule has 160 valence electrons. The summed E-state index contributed by atoms with van der Waals surface area (Å²) in [6, 6.07) is 11.8. The van der Waals surface area contributed by atoms with Crippen LogP contribution in [0.25, 0.3) is 5.65 Å². The Kier molecular flexibility index (Phi) is 5.18. The predicted molar refractivity (Wildman–Crippen MR) is 122 cm³/mol. The number of carbonyl (C=O) groups is 1. The molecule has 5 rings (SSSR count). The average Bonchev–Trinajstić information content (AvgIpc) is 3.45. The average molecular weight is 417 g/mol. The first-order valence-corrected chi connectivity index (χ1v) is 11.1. The molecule has 0 N–H and O–H groups in total. The van der Waals surface area contributed by atoms with Gasteiger partial charge in [-0.25, -0.2) is 9.50 Å². The molecule has 0 unspecified atom stereocenters. The Bertz CT molecular complexity index is 1110. The number of aromatic nitrogens is 3. The first-order chi connectivity index (χ1) is 15.1. The van der Waals surface area contributed by atoms with Gasteiger partial charge in [0.1, 0.15) is 5.82 Å². The fourth-order valence-electron chi connectivity index (χ4n) is 4.81. The van der Waals surface area contributed by atoms with Gasteiger partial charge in [-0.15, -0.1) is 0 Å². The maximum Gasteiger partial charge on any atom is 0.254 e. The van der Waals surface area contributed by atoms with Gasteiger partial charge in [-0.1, -0.05) is 18.2 Å². The van der Waals surface area contributed by atoms with Gasteiger partial charge in [0.25, 0.3) is 5.91 Å². The number of hydrogen-bond acceptors (Lipinski definition) is 5. The number of carbonyl (C=O) groups excluding carboxylic acids is 1. The molecule has 2 aliphatic rings. The van der Waals surface area contributed by atoms with Crippen LogP contribution in [-0.4, -0.2) is 57.8 Å². The highest BCUT2D eigenvalue weighted by Gasteiger charge is 2.31. The van der Waals surface area contributed by atoms with E-state index >= 15 is 0 Å². The van der Waals surface area contributed by atoms with Crippen molar-refractivity contribution in [2.24, 2.45) is 4.99 Å². The highest BCUT2D eigenvalue weighted by Crippen LogP contribution is 2.32. The summed E-state index contributed by atoms with van der Waals surface area (Å²) in [6.07, 6.45) is 6.10. The molecule has 2 fully saturated rings. The molecule has 0 spiro atoms. The number of aryl methyl sites for hydroxylation is 1. The minimum atomic E-state index is -0.0203. The summed E-state index contributed by atoms with van der Waals surface area (Å²) >= 11 is 0. The SMILES string of the molecule is C=N[C@H]1CCN(c2nc3cc([C@@H]4CCCCN4C(=O)c4ccccc4)nn3cc2C)C1. The molecule has 2 aromatic heterocycles. The Labute approximate surface area is 182 Å². The third-order valence-corrected chi connectivity index (χ3v) is 6.47. The Hall–Kier alpha value is -3.22. The Morgan fingerprint density at radius 2 is 2.00 bits per heavy atom. The second kappa shape index (κ2) is 8.13. The third-order valence-electron chi connectivity index (χ3n) is 6.47. The summed E-state index contributed by atoms with van der Waals surface area (Å²) in [5.41, 5.74) is 3.56. The molecule has 2 saturated heterocycles. The molecule has 2 atom stereocenters. The fourth-order valence-corrected chi connectivity index (χ4v) is 4.81. The number of anilines is 1. The van der Waals surface area contributed by atoms with Gasteiger partial charge in [-0.2, -0.15) is 5.10 Å². The van der Waals surface area contributed by atoms with Gasteiger partial charge in [-0.05, 0) is 51.5 Å². The van der Waals surface area contributed by atoms with Crippen LogP contribution in [0.15, 0.2) is 47.6 Å². The number of fused-ring (bicyclic) bond motifs is 1. The first kappa shape index (κ1) is 19.7. The van der Waals surface area contributed by atoms with Gasteiger partial charge < -0.3 is 9.80 Å². The highest BCUT2D eigenvalue weighted by molar-refractivity contribution is 5.94. The molecule has 4 heterocycles. The molecule has 0 saturated carbocycles. The van der Waals surface area contributed by atoms with Crippen molar-refractivity contribution in [3.63, 3.8) is 0 Å². The van der Waals surface area contributed by atoms with E-state index in [-0.39, 0.29) is 18.0 Å². The molecule has 0 bridgehead atoms. The van der Waals surface area contributed by atoms with E-state index in [1.807, 2.05) is 52.0 Å². The number of likely N-dealkylation sites (tertiary alicyclic amines) is 1. The van der Waals surface area contributed by atoms with Crippen molar-refractivity contribution in [3.8, 4) is 0 Å². The van der Waals surface area contributed by atoms with E-state index in [9.17, 15) is 4.79 Å². The second-order valence-corrected chi connectivity index (χ2v) is 8.57. The van der Waals surface area contributed by atoms with Crippen LogP contribution in [-0.2, 0) is 0 Å². The number of nitrogens with zero attached hydrogens (tertiary/aromatic N) is 6. The number of hydrogen-bond donors (Lipinski definition) is 0. The maximum absolute atomic E-state index is 13.2. The zero-order chi connectivity index (χ0) is 21.4. The molecule has 0 radical (unpaired) electrons. The molecular formula is C24H28N6O. The van der Waals surface area contributed by atoms with Crippen LogP contribution in [0, 0.1) is 6.92 Å². The van der Waals surface area contributed by atoms with Gasteiger partial charge >= 0.3 is 0 Å². The number of benzene rings is 1. The summed E-state index contributed by atoms with van der Waals surface area (Å²) in [7, 11) is 0. The van der Waals surface area contributed by atoms with Crippen molar-refractivity contribution in [2.45, 2.75) is 44.7 Å². The molecule has 7 nitrogen and oxygen atoms in total. The van der Waals surface area contributed by atoms with E-state index in [0.717, 1.165) is 73.6 Å². The van der Waals surface area contributed by atoms with E-state index in [2.05, 4.69) is 23.5 Å². The van der Waals surface area contributed by atoms with E-state index in [4.69, 9.17) is 10.1 Å². The number of aliphatic imine (C=N–C) groups is 1. The Morgan fingerprint density at radius 3 is 2.77 bits per heavy atom. The van der Waals surface area contributed by atoms with Gasteiger partial charge in [0.2, 0.25) is 0 Å². The van der Waals surface area contributed by atoms with Gasteiger partial charge in [-0.3, -0.25) is 9.79 Å². The highest BCUT2D eigenvalue weighted by atomic mass is 16.2. The lowest BCUT2D eigenvalue weighted by Gasteiger charge is -2.34. The van der Waals surface area contributed by atoms with Crippen LogP contribution in [0.4, 0.5) is 5.82 Å². The Balaban J connectivity index is 1.46. The zero-order valence-electron chi connectivity index (χ0n) is 17.9. The first-order valence-electron chi connectivity index (χ1n) is 11.1. The van der Waals surface area contributed by atoms with Crippen LogP contribution in [0.1, 0.15) is 53.3 Å². The van der Waals surface area contributed by atoms with Crippen molar-refractivity contribution in [1.29, 1.82) is 0 Å². The monoisotopic (exact) mass is 416 g/mol. The summed E-state index contributed by atoms with van der Waals surface area (Å²) in [5.74, 6) is 1.07. The summed E-state index contributed by atoms with van der Waals surface area (Å²) in [6.45, 7) is 8.33. The van der Waals surface area contributed by atoms with Gasteiger partial charge in [0.05, 0.1) is 17.8 Å². The predicted octanol–water partition coefficient (Wildman–Crippen LogP) is 3.68. The van der Waals surface area contributed by atoms with Crippen LogP contribution in [0.5, 0.6) is 0 Å². The molecule has 1 amide bonds. The smallest absolute Gasteiger partial charge is 0.254 e. The van der Waals surface area contributed by atoms with Crippen molar-refractivity contribution >= 4 is 24.1 Å². The molecule has 2 aliphatic heterocycles. The standard InChI is InChI=1S/C24H28N6O/c1-17-15-30-22(26-23(17)28-13-11-19(16-28)25-2)14-20(27-30)21-10-6-7-12-29(21)24(31)18-8-4-3-5-9-18/h3-5,8-9,14-15,19,21H,2,6-7,10-13,16H2,1H3/t19-,21-/m0/s1. The molecular weight excluding hydrogens is 388 g/mol. The Morgan fingerprint density at radius 1 is 1.16 bits per heavy atom. The lowest BCUT2D eigenvalue weighted by atomic mass is 9.98. The summed E-state index contributed by atoms with van der Waals surface area (Å²) in [4.78, 5) is 26.6. The van der Waals surface area contributed by atoms with Crippen molar-refractivity contribution in [1.82, 2.24) is 19.5 Å². The van der Waals surface area contributed by atoms with E-state index in [0.29, 0.717) is 0 Å². The summed E-state index contributed by atoms with van der Waals surface area (Å²) in [5, 5.41) is 4.84. The minimum absolute atomic E-state index is 0.0203. The summed E-state index contributed by atoms with van der Waals surface area (Å²) < 4.78 is 1.85. The molecule has 31 heavy (non-hydrogen) atoms. The molecule has 0 aliphatic carbocycles. The topological polar surface area (TPSA) is 66.1 Å². The second-order valence-electron chi connectivity index (χ2n) is 8.57. The number of piperidine rings is 1. The van der Waals surface area contributed by atoms with E-state index in [1.54, 1.807) is 0 Å². The van der Waals surface area contributed by atoms with Crippen molar-refractivity contribution in [2.75, 3.05) is 24.5 Å². The van der Waals surface area contributed by atoms with Crippen LogP contribution in [0.3, 0.4) is 0 Å². The number of amides is 1.